The van der Waals surface area contributed by atoms with Crippen LogP contribution in [0, 0.1) is 11.8 Å². The maximum absolute atomic E-state index is 12.9. The Kier molecular flexibility index (Phi) is 5.62. The van der Waals surface area contributed by atoms with E-state index < -0.39 is 12.0 Å². The van der Waals surface area contributed by atoms with Gasteiger partial charge < -0.3 is 15.7 Å². The molecule has 7 heteroatoms. The Balaban J connectivity index is 2.08. The van der Waals surface area contributed by atoms with Gasteiger partial charge in [-0.25, -0.2) is 4.79 Å². The third kappa shape index (κ3) is 3.83. The molecule has 0 aromatic carbocycles. The van der Waals surface area contributed by atoms with Crippen molar-refractivity contribution < 1.29 is 19.5 Å². The molecule has 0 radical (unpaired) electrons. The maximum atomic E-state index is 12.9. The number of carbonyl (C=O) groups is 3. The molecule has 2 unspecified atom stereocenters. The van der Waals surface area contributed by atoms with Crippen LogP contribution in [-0.4, -0.2) is 64.4 Å². The zero-order chi connectivity index (χ0) is 17.1. The van der Waals surface area contributed by atoms with Crippen molar-refractivity contribution in [3.63, 3.8) is 0 Å². The molecule has 23 heavy (non-hydrogen) atoms. The average Bonchev–Trinajstić information content (AvgIpc) is 2.97. The third-order valence-corrected chi connectivity index (χ3v) is 5.03. The largest absolute Gasteiger partial charge is 0.480 e. The Morgan fingerprint density at radius 2 is 1.70 bits per heavy atom. The van der Waals surface area contributed by atoms with Gasteiger partial charge >= 0.3 is 5.97 Å². The van der Waals surface area contributed by atoms with Gasteiger partial charge in [-0.15, -0.1) is 0 Å². The number of carbonyl (C=O) groups excluding carboxylic acids is 2. The normalized spacial score (nSPS) is 24.8. The Hall–Kier alpha value is -1.63. The van der Waals surface area contributed by atoms with E-state index in [1.165, 1.54) is 4.90 Å². The van der Waals surface area contributed by atoms with Gasteiger partial charge in [0.25, 0.3) is 0 Å². The summed E-state index contributed by atoms with van der Waals surface area (Å²) in [5.41, 5.74) is 5.36. The second-order valence-electron chi connectivity index (χ2n) is 6.93. The number of nitrogens with zero attached hydrogens (tertiary/aromatic N) is 2. The van der Waals surface area contributed by atoms with Gasteiger partial charge in [0.2, 0.25) is 11.8 Å². The number of carboxylic acids is 1. The fourth-order valence-electron chi connectivity index (χ4n) is 3.78. The molecule has 0 saturated carbocycles. The van der Waals surface area contributed by atoms with Crippen LogP contribution in [0.4, 0.5) is 0 Å². The summed E-state index contributed by atoms with van der Waals surface area (Å²) in [5.74, 6) is -1.33. The molecule has 0 aliphatic carbocycles. The summed E-state index contributed by atoms with van der Waals surface area (Å²) in [4.78, 5) is 39.2. The summed E-state index contributed by atoms with van der Waals surface area (Å²) in [5, 5.41) is 9.30. The number of aliphatic carboxylic acids is 1. The Labute approximate surface area is 136 Å². The molecule has 0 bridgehead atoms. The molecular formula is C16H27N3O4. The van der Waals surface area contributed by atoms with Crippen LogP contribution in [0.15, 0.2) is 0 Å². The van der Waals surface area contributed by atoms with Crippen molar-refractivity contribution in [2.24, 2.45) is 17.6 Å². The van der Waals surface area contributed by atoms with Gasteiger partial charge in [0.05, 0.1) is 6.04 Å². The number of nitrogens with two attached hydrogens (primary N) is 1. The summed E-state index contributed by atoms with van der Waals surface area (Å²) in [6.07, 6.45) is 2.58. The number of piperidine rings is 1. The summed E-state index contributed by atoms with van der Waals surface area (Å²) >= 11 is 0. The summed E-state index contributed by atoms with van der Waals surface area (Å²) in [7, 11) is 0. The highest BCUT2D eigenvalue weighted by Gasteiger charge is 2.41. The molecule has 7 nitrogen and oxygen atoms in total. The lowest BCUT2D eigenvalue weighted by atomic mass is 9.92. The number of likely N-dealkylation sites (tertiary alicyclic amines) is 2. The maximum Gasteiger partial charge on any atom is 0.326 e. The number of rotatable bonds is 5. The minimum atomic E-state index is -0.925. The van der Waals surface area contributed by atoms with E-state index in [0.717, 1.165) is 6.42 Å². The molecule has 2 aliphatic heterocycles. The van der Waals surface area contributed by atoms with E-state index in [9.17, 15) is 19.5 Å². The van der Waals surface area contributed by atoms with Gasteiger partial charge in [0.15, 0.2) is 0 Å². The molecule has 0 spiro atoms. The van der Waals surface area contributed by atoms with Gasteiger partial charge in [-0.3, -0.25) is 14.5 Å². The van der Waals surface area contributed by atoms with E-state index in [2.05, 4.69) is 4.90 Å². The molecule has 130 valence electrons. The highest BCUT2D eigenvalue weighted by atomic mass is 16.4. The van der Waals surface area contributed by atoms with Crippen molar-refractivity contribution in [3.05, 3.63) is 0 Å². The van der Waals surface area contributed by atoms with Crippen LogP contribution in [0.25, 0.3) is 0 Å². The van der Waals surface area contributed by atoms with Gasteiger partial charge in [0, 0.05) is 12.5 Å². The van der Waals surface area contributed by atoms with Gasteiger partial charge in [-0.05, 0) is 44.7 Å². The molecule has 2 atom stereocenters. The quantitative estimate of drug-likeness (QED) is 0.756. The molecule has 2 aliphatic rings. The van der Waals surface area contributed by atoms with Crippen LogP contribution in [0.1, 0.15) is 39.5 Å². The third-order valence-electron chi connectivity index (χ3n) is 5.03. The van der Waals surface area contributed by atoms with Crippen molar-refractivity contribution in [3.8, 4) is 0 Å². The number of hydrogen-bond donors (Lipinski definition) is 2. The highest BCUT2D eigenvalue weighted by Crippen LogP contribution is 2.26. The van der Waals surface area contributed by atoms with E-state index in [1.54, 1.807) is 0 Å². The fraction of sp³-hybridized carbons (Fsp3) is 0.812. The SMILES string of the molecule is CC(C)C(C(=O)N1CCCC1C(=O)O)N1CCC(C(N)=O)CC1. The molecule has 3 N–H and O–H groups in total. The van der Waals surface area contributed by atoms with Crippen LogP contribution in [0.2, 0.25) is 0 Å². The number of hydrogen-bond acceptors (Lipinski definition) is 4. The molecule has 2 amide bonds. The molecule has 0 aromatic heterocycles. The zero-order valence-corrected chi connectivity index (χ0v) is 13.9. The van der Waals surface area contributed by atoms with Crippen LogP contribution >= 0.6 is 0 Å². The van der Waals surface area contributed by atoms with Crippen LogP contribution < -0.4 is 5.73 Å². The van der Waals surface area contributed by atoms with Crippen molar-refractivity contribution in [2.75, 3.05) is 19.6 Å². The lowest BCUT2D eigenvalue weighted by Gasteiger charge is -2.40. The van der Waals surface area contributed by atoms with E-state index in [-0.39, 0.29) is 29.7 Å². The number of primary amides is 1. The Morgan fingerprint density at radius 1 is 1.09 bits per heavy atom. The minimum absolute atomic E-state index is 0.0858. The van der Waals surface area contributed by atoms with Crippen LogP contribution in [-0.2, 0) is 14.4 Å². The summed E-state index contributed by atoms with van der Waals surface area (Å²) < 4.78 is 0. The molecule has 0 aromatic rings. The smallest absolute Gasteiger partial charge is 0.326 e. The van der Waals surface area contributed by atoms with Gasteiger partial charge in [-0.1, -0.05) is 13.8 Å². The van der Waals surface area contributed by atoms with Crippen molar-refractivity contribution in [1.82, 2.24) is 9.80 Å². The first-order valence-corrected chi connectivity index (χ1v) is 8.39. The van der Waals surface area contributed by atoms with E-state index >= 15 is 0 Å². The van der Waals surface area contributed by atoms with Gasteiger partial charge in [-0.2, -0.15) is 0 Å². The van der Waals surface area contributed by atoms with E-state index in [0.29, 0.717) is 38.9 Å². The van der Waals surface area contributed by atoms with Crippen LogP contribution in [0.5, 0.6) is 0 Å². The molecule has 2 fully saturated rings. The Bertz CT molecular complexity index is 472. The van der Waals surface area contributed by atoms with Gasteiger partial charge in [0.1, 0.15) is 6.04 Å². The zero-order valence-electron chi connectivity index (χ0n) is 13.9. The topological polar surface area (TPSA) is 104 Å². The minimum Gasteiger partial charge on any atom is -0.480 e. The first kappa shape index (κ1) is 17.7. The second kappa shape index (κ2) is 7.29. The summed E-state index contributed by atoms with van der Waals surface area (Å²) in [6, 6.07) is -1.03. The first-order chi connectivity index (χ1) is 10.8. The Morgan fingerprint density at radius 3 is 2.17 bits per heavy atom. The monoisotopic (exact) mass is 325 g/mol. The lowest BCUT2D eigenvalue weighted by molar-refractivity contribution is -0.151. The second-order valence-corrected chi connectivity index (χ2v) is 6.93. The fourth-order valence-corrected chi connectivity index (χ4v) is 3.78. The average molecular weight is 325 g/mol. The van der Waals surface area contributed by atoms with E-state index in [1.807, 2.05) is 13.8 Å². The number of amides is 2. The predicted molar refractivity (Wildman–Crippen MR) is 84.5 cm³/mol. The van der Waals surface area contributed by atoms with E-state index in [4.69, 9.17) is 5.73 Å². The van der Waals surface area contributed by atoms with Crippen LogP contribution in [0.3, 0.4) is 0 Å². The van der Waals surface area contributed by atoms with Crippen molar-refractivity contribution in [2.45, 2.75) is 51.6 Å². The molecular weight excluding hydrogens is 298 g/mol. The summed E-state index contributed by atoms with van der Waals surface area (Å²) in [6.45, 7) is 5.77. The lowest BCUT2D eigenvalue weighted by Crippen LogP contribution is -2.56. The highest BCUT2D eigenvalue weighted by molar-refractivity contribution is 5.87. The first-order valence-electron chi connectivity index (χ1n) is 8.39. The molecule has 2 heterocycles. The standard InChI is InChI=1S/C16H27N3O4/c1-10(2)13(18-8-5-11(6-9-18)14(17)20)15(21)19-7-3-4-12(19)16(22)23/h10-13H,3-9H2,1-2H3,(H2,17,20)(H,22,23). The molecule has 2 saturated heterocycles. The van der Waals surface area contributed by atoms with Crippen molar-refractivity contribution >= 4 is 17.8 Å². The van der Waals surface area contributed by atoms with Crippen molar-refractivity contribution in [1.29, 1.82) is 0 Å². The number of carboxylic acid groups (broad SMARTS) is 1. The predicted octanol–water partition coefficient (Wildman–Crippen LogP) is 0.284. The molecule has 2 rings (SSSR count).